The molecule has 1 heterocycles. The first-order valence-corrected chi connectivity index (χ1v) is 6.07. The van der Waals surface area contributed by atoms with Crippen LogP contribution in [0.4, 0.5) is 0 Å². The lowest BCUT2D eigenvalue weighted by Gasteiger charge is -2.08. The van der Waals surface area contributed by atoms with Gasteiger partial charge in [0.2, 0.25) is 0 Å². The van der Waals surface area contributed by atoms with E-state index in [9.17, 15) is 4.79 Å². The molecule has 1 aromatic heterocycles. The van der Waals surface area contributed by atoms with E-state index >= 15 is 0 Å². The molecular weight excluding hydrogens is 244 g/mol. The average molecular weight is 260 g/mol. The van der Waals surface area contributed by atoms with E-state index < -0.39 is 0 Å². The van der Waals surface area contributed by atoms with E-state index in [0.717, 1.165) is 11.3 Å². The molecule has 0 aliphatic heterocycles. The maximum atomic E-state index is 11.8. The molecule has 0 saturated heterocycles. The van der Waals surface area contributed by atoms with Gasteiger partial charge < -0.3 is 10.4 Å². The zero-order chi connectivity index (χ0) is 13.7. The zero-order valence-corrected chi connectivity index (χ0v) is 10.7. The molecule has 0 atom stereocenters. The minimum Gasteiger partial charge on any atom is -0.396 e. The van der Waals surface area contributed by atoms with Gasteiger partial charge in [-0.1, -0.05) is 0 Å². The second-order valence-corrected chi connectivity index (χ2v) is 4.17. The zero-order valence-electron chi connectivity index (χ0n) is 10.7. The smallest absolute Gasteiger partial charge is 0.251 e. The summed E-state index contributed by atoms with van der Waals surface area (Å²) in [5.41, 5.74) is 2.43. The highest BCUT2D eigenvalue weighted by molar-refractivity contribution is 5.94. The lowest BCUT2D eigenvalue weighted by Crippen LogP contribution is -2.25. The third-order valence-corrected chi connectivity index (χ3v) is 2.74. The van der Waals surface area contributed by atoms with Crippen LogP contribution in [0.25, 0.3) is 5.69 Å². The monoisotopic (exact) mass is 260 g/mol. The van der Waals surface area contributed by atoms with E-state index in [0.29, 0.717) is 18.5 Å². The molecule has 2 N–H and O–H groups in total. The van der Waals surface area contributed by atoms with Crippen LogP contribution < -0.4 is 5.32 Å². The van der Waals surface area contributed by atoms with Gasteiger partial charge in [0.15, 0.2) is 0 Å². The van der Waals surface area contributed by atoms with Crippen molar-refractivity contribution in [1.29, 1.82) is 0 Å². The van der Waals surface area contributed by atoms with Gasteiger partial charge in [0.1, 0.15) is 12.7 Å². The first-order valence-electron chi connectivity index (χ1n) is 6.07. The fourth-order valence-electron chi connectivity index (χ4n) is 1.77. The summed E-state index contributed by atoms with van der Waals surface area (Å²) in [6, 6.07) is 5.40. The van der Waals surface area contributed by atoms with Crippen LogP contribution in [0.3, 0.4) is 0 Å². The topological polar surface area (TPSA) is 80.0 Å². The minimum atomic E-state index is -0.137. The first-order chi connectivity index (χ1) is 9.22. The van der Waals surface area contributed by atoms with Gasteiger partial charge in [-0.2, -0.15) is 5.10 Å². The summed E-state index contributed by atoms with van der Waals surface area (Å²) in [6.45, 7) is 2.46. The second-order valence-electron chi connectivity index (χ2n) is 4.17. The second kappa shape index (κ2) is 6.10. The Morgan fingerprint density at radius 3 is 2.95 bits per heavy atom. The number of nitrogens with zero attached hydrogens (tertiary/aromatic N) is 3. The molecule has 0 aliphatic carbocycles. The van der Waals surface area contributed by atoms with Crippen molar-refractivity contribution in [3.8, 4) is 5.69 Å². The number of amides is 1. The van der Waals surface area contributed by atoms with Crippen molar-refractivity contribution < 1.29 is 9.90 Å². The quantitative estimate of drug-likeness (QED) is 0.775. The Kier molecular flexibility index (Phi) is 4.25. The van der Waals surface area contributed by atoms with Gasteiger partial charge in [-0.3, -0.25) is 4.79 Å². The van der Waals surface area contributed by atoms with Crippen LogP contribution in [0, 0.1) is 6.92 Å². The minimum absolute atomic E-state index is 0.0740. The summed E-state index contributed by atoms with van der Waals surface area (Å²) in [5, 5.41) is 15.5. The number of rotatable bonds is 5. The summed E-state index contributed by atoms with van der Waals surface area (Å²) in [5.74, 6) is -0.137. The Morgan fingerprint density at radius 2 is 2.32 bits per heavy atom. The van der Waals surface area contributed by atoms with Gasteiger partial charge in [0, 0.05) is 18.7 Å². The molecule has 6 nitrogen and oxygen atoms in total. The van der Waals surface area contributed by atoms with Crippen LogP contribution in [0.2, 0.25) is 0 Å². The highest BCUT2D eigenvalue weighted by atomic mass is 16.3. The molecule has 0 bridgehead atoms. The predicted molar refractivity (Wildman–Crippen MR) is 70.1 cm³/mol. The molecule has 6 heteroatoms. The molecule has 100 valence electrons. The number of carbonyl (C=O) groups excluding carboxylic acids is 1. The van der Waals surface area contributed by atoms with E-state index in [1.165, 1.54) is 6.33 Å². The molecule has 2 rings (SSSR count). The Bertz CT molecular complexity index is 552. The number of aromatic nitrogens is 3. The lowest BCUT2D eigenvalue weighted by atomic mass is 10.1. The first kappa shape index (κ1) is 13.2. The number of carbonyl (C=O) groups is 1. The van der Waals surface area contributed by atoms with Gasteiger partial charge >= 0.3 is 0 Å². The molecule has 0 radical (unpaired) electrons. The molecule has 2 aromatic rings. The standard InChI is InChI=1S/C13H16N4O2/c1-10-7-11(13(19)15-5-2-6-18)3-4-12(10)17-9-14-8-16-17/h3-4,7-9,18H,2,5-6H2,1H3,(H,15,19). The van der Waals surface area contributed by atoms with Crippen LogP contribution in [0.15, 0.2) is 30.9 Å². The molecular formula is C13H16N4O2. The maximum Gasteiger partial charge on any atom is 0.251 e. The lowest BCUT2D eigenvalue weighted by molar-refractivity contribution is 0.0951. The van der Waals surface area contributed by atoms with Crippen molar-refractivity contribution in [2.45, 2.75) is 13.3 Å². The van der Waals surface area contributed by atoms with Gasteiger partial charge in [0.25, 0.3) is 5.91 Å². The molecule has 0 unspecified atom stereocenters. The van der Waals surface area contributed by atoms with Gasteiger partial charge in [0.05, 0.1) is 5.69 Å². The van der Waals surface area contributed by atoms with E-state index in [1.54, 1.807) is 17.1 Å². The third-order valence-electron chi connectivity index (χ3n) is 2.74. The molecule has 0 spiro atoms. The summed E-state index contributed by atoms with van der Waals surface area (Å²) < 4.78 is 1.66. The van der Waals surface area contributed by atoms with E-state index in [-0.39, 0.29) is 12.5 Å². The Morgan fingerprint density at radius 1 is 1.47 bits per heavy atom. The predicted octanol–water partition coefficient (Wildman–Crippen LogP) is 0.688. The fourth-order valence-corrected chi connectivity index (χ4v) is 1.77. The summed E-state index contributed by atoms with van der Waals surface area (Å²) in [6.07, 6.45) is 3.64. The van der Waals surface area contributed by atoms with Crippen molar-refractivity contribution >= 4 is 5.91 Å². The Labute approximate surface area is 111 Å². The molecule has 1 amide bonds. The summed E-state index contributed by atoms with van der Waals surface area (Å²) >= 11 is 0. The fraction of sp³-hybridized carbons (Fsp3) is 0.308. The van der Waals surface area contributed by atoms with Crippen LogP contribution >= 0.6 is 0 Å². The van der Waals surface area contributed by atoms with Crippen molar-refractivity contribution in [1.82, 2.24) is 20.1 Å². The average Bonchev–Trinajstić information content (AvgIpc) is 2.92. The molecule has 0 saturated carbocycles. The van der Waals surface area contributed by atoms with Crippen LogP contribution in [-0.4, -0.2) is 38.9 Å². The number of hydrogen-bond donors (Lipinski definition) is 2. The number of aliphatic hydroxyl groups is 1. The Balaban J connectivity index is 2.13. The number of benzene rings is 1. The highest BCUT2D eigenvalue weighted by Gasteiger charge is 2.08. The van der Waals surface area contributed by atoms with Crippen molar-refractivity contribution in [3.05, 3.63) is 42.0 Å². The van der Waals surface area contributed by atoms with Crippen molar-refractivity contribution in [3.63, 3.8) is 0 Å². The molecule has 0 fully saturated rings. The van der Waals surface area contributed by atoms with Gasteiger partial charge in [-0.25, -0.2) is 9.67 Å². The number of aliphatic hydroxyl groups excluding tert-OH is 1. The molecule has 19 heavy (non-hydrogen) atoms. The van der Waals surface area contributed by atoms with Crippen LogP contribution in [0.5, 0.6) is 0 Å². The maximum absolute atomic E-state index is 11.8. The van der Waals surface area contributed by atoms with Crippen LogP contribution in [0.1, 0.15) is 22.3 Å². The molecule has 1 aromatic carbocycles. The molecule has 0 aliphatic rings. The largest absolute Gasteiger partial charge is 0.396 e. The van der Waals surface area contributed by atoms with E-state index in [2.05, 4.69) is 15.4 Å². The van der Waals surface area contributed by atoms with Gasteiger partial charge in [-0.05, 0) is 37.1 Å². The van der Waals surface area contributed by atoms with Crippen molar-refractivity contribution in [2.75, 3.05) is 13.2 Å². The number of hydrogen-bond acceptors (Lipinski definition) is 4. The van der Waals surface area contributed by atoms with Crippen molar-refractivity contribution in [2.24, 2.45) is 0 Å². The Hall–Kier alpha value is -2.21. The van der Waals surface area contributed by atoms with E-state index in [4.69, 9.17) is 5.11 Å². The highest BCUT2D eigenvalue weighted by Crippen LogP contribution is 2.14. The van der Waals surface area contributed by atoms with Gasteiger partial charge in [-0.15, -0.1) is 0 Å². The SMILES string of the molecule is Cc1cc(C(=O)NCCCO)ccc1-n1cncn1. The third kappa shape index (κ3) is 3.17. The normalized spacial score (nSPS) is 10.4. The summed E-state index contributed by atoms with van der Waals surface area (Å²) in [4.78, 5) is 15.7. The summed E-state index contributed by atoms with van der Waals surface area (Å²) in [7, 11) is 0. The van der Waals surface area contributed by atoms with E-state index in [1.807, 2.05) is 19.1 Å². The van der Waals surface area contributed by atoms with Crippen LogP contribution in [-0.2, 0) is 0 Å². The number of nitrogens with one attached hydrogen (secondary N) is 1. The number of aryl methyl sites for hydroxylation is 1.